The van der Waals surface area contributed by atoms with Crippen LogP contribution in [0.2, 0.25) is 0 Å². The van der Waals surface area contributed by atoms with E-state index in [1.807, 2.05) is 31.2 Å². The maximum atomic E-state index is 12.6. The summed E-state index contributed by atoms with van der Waals surface area (Å²) < 4.78 is 10.7. The fourth-order valence-electron chi connectivity index (χ4n) is 3.14. The first kappa shape index (κ1) is 16.3. The van der Waals surface area contributed by atoms with Crippen molar-refractivity contribution in [3.05, 3.63) is 59.0 Å². The van der Waals surface area contributed by atoms with Gasteiger partial charge >= 0.3 is 0 Å². The Hall–Kier alpha value is -3.15. The van der Waals surface area contributed by atoms with Crippen LogP contribution in [0.5, 0.6) is 5.75 Å². The number of ether oxygens (including phenoxy) is 1. The van der Waals surface area contributed by atoms with E-state index in [0.717, 1.165) is 30.0 Å². The number of nitrogens with one attached hydrogen (secondary N) is 1. The lowest BCUT2D eigenvalue weighted by atomic mass is 10.1. The number of fused-ring (bicyclic) bond motifs is 1. The number of carbonyl (C=O) groups is 1. The highest BCUT2D eigenvalue weighted by atomic mass is 16.5. The minimum absolute atomic E-state index is 0.257. The van der Waals surface area contributed by atoms with Gasteiger partial charge in [0.05, 0.1) is 18.0 Å². The minimum atomic E-state index is -0.257. The highest BCUT2D eigenvalue weighted by Crippen LogP contribution is 2.30. The quantitative estimate of drug-likeness (QED) is 0.775. The summed E-state index contributed by atoms with van der Waals surface area (Å²) in [5.41, 5.74) is 4.12. The Morgan fingerprint density at radius 2 is 2.15 bits per heavy atom. The molecule has 1 amide bonds. The third kappa shape index (κ3) is 2.94. The number of pyridine rings is 1. The second kappa shape index (κ2) is 6.63. The van der Waals surface area contributed by atoms with Gasteiger partial charge in [0, 0.05) is 12.0 Å². The van der Waals surface area contributed by atoms with Gasteiger partial charge in [-0.25, -0.2) is 4.98 Å². The van der Waals surface area contributed by atoms with E-state index in [9.17, 15) is 4.79 Å². The molecule has 26 heavy (non-hydrogen) atoms. The Morgan fingerprint density at radius 1 is 1.27 bits per heavy atom. The molecular formula is C20H19N3O3. The van der Waals surface area contributed by atoms with Crippen molar-refractivity contribution in [1.82, 2.24) is 10.1 Å². The van der Waals surface area contributed by atoms with Gasteiger partial charge in [-0.3, -0.25) is 4.79 Å². The molecule has 0 spiro atoms. The number of nitrogens with zero attached hydrogens (tertiary/aromatic N) is 2. The van der Waals surface area contributed by atoms with Crippen molar-refractivity contribution in [3.63, 3.8) is 0 Å². The maximum Gasteiger partial charge on any atom is 0.262 e. The lowest BCUT2D eigenvalue weighted by molar-refractivity contribution is 0.102. The minimum Gasteiger partial charge on any atom is -0.493 e. The number of carbonyl (C=O) groups excluding carboxylic acids is 1. The van der Waals surface area contributed by atoms with Crippen LogP contribution in [0.1, 0.15) is 34.3 Å². The van der Waals surface area contributed by atoms with Crippen LogP contribution in [0.25, 0.3) is 11.3 Å². The molecule has 0 atom stereocenters. The third-order valence-corrected chi connectivity index (χ3v) is 4.47. The molecule has 0 aliphatic carbocycles. The van der Waals surface area contributed by atoms with E-state index in [-0.39, 0.29) is 5.91 Å². The average Bonchev–Trinajstić information content (AvgIpc) is 3.27. The maximum absolute atomic E-state index is 12.6. The highest BCUT2D eigenvalue weighted by Gasteiger charge is 2.20. The van der Waals surface area contributed by atoms with Crippen LogP contribution in [0.4, 0.5) is 5.82 Å². The molecule has 0 saturated heterocycles. The fraction of sp³-hybridized carbons (Fsp3) is 0.250. The van der Waals surface area contributed by atoms with Crippen molar-refractivity contribution in [1.29, 1.82) is 0 Å². The molecule has 1 aromatic carbocycles. The van der Waals surface area contributed by atoms with Crippen molar-refractivity contribution in [2.24, 2.45) is 0 Å². The SMILES string of the molecule is CCc1noc(C)c1C(=O)Nc1cccc(-c2ccc3c(c2)CCO3)n1. The molecule has 6 heteroatoms. The lowest BCUT2D eigenvalue weighted by Gasteiger charge is -2.08. The van der Waals surface area contributed by atoms with Crippen molar-refractivity contribution in [2.45, 2.75) is 26.7 Å². The first-order valence-electron chi connectivity index (χ1n) is 8.65. The normalized spacial score (nSPS) is 12.5. The number of aromatic nitrogens is 2. The largest absolute Gasteiger partial charge is 0.493 e. The molecule has 0 fully saturated rings. The molecular weight excluding hydrogens is 330 g/mol. The van der Waals surface area contributed by atoms with Gasteiger partial charge in [0.15, 0.2) is 0 Å². The zero-order valence-electron chi connectivity index (χ0n) is 14.7. The van der Waals surface area contributed by atoms with Crippen LogP contribution in [-0.4, -0.2) is 22.7 Å². The van der Waals surface area contributed by atoms with Crippen molar-refractivity contribution in [3.8, 4) is 17.0 Å². The predicted octanol–water partition coefficient (Wildman–Crippen LogP) is 3.79. The van der Waals surface area contributed by atoms with Crippen LogP contribution in [0.3, 0.4) is 0 Å². The standard InChI is InChI=1S/C20H19N3O3/c1-3-15-19(12(2)26-23-15)20(24)22-18-6-4-5-16(21-18)13-7-8-17-14(11-13)9-10-25-17/h4-8,11H,3,9-10H2,1-2H3,(H,21,22,24). The van der Waals surface area contributed by atoms with Crippen LogP contribution >= 0.6 is 0 Å². The number of amides is 1. The Balaban J connectivity index is 1.60. The number of aryl methyl sites for hydroxylation is 2. The van der Waals surface area contributed by atoms with Crippen molar-refractivity contribution >= 4 is 11.7 Å². The molecule has 0 saturated carbocycles. The Bertz CT molecular complexity index is 978. The average molecular weight is 349 g/mol. The first-order chi connectivity index (χ1) is 12.7. The summed E-state index contributed by atoms with van der Waals surface area (Å²) in [5.74, 6) is 1.68. The van der Waals surface area contributed by atoms with Gasteiger partial charge in [-0.1, -0.05) is 18.1 Å². The van der Waals surface area contributed by atoms with E-state index in [2.05, 4.69) is 21.5 Å². The van der Waals surface area contributed by atoms with Gasteiger partial charge in [0.2, 0.25) is 0 Å². The molecule has 3 heterocycles. The second-order valence-corrected chi connectivity index (χ2v) is 6.20. The first-order valence-corrected chi connectivity index (χ1v) is 8.65. The summed E-state index contributed by atoms with van der Waals surface area (Å²) in [6.45, 7) is 4.39. The van der Waals surface area contributed by atoms with E-state index < -0.39 is 0 Å². The third-order valence-electron chi connectivity index (χ3n) is 4.47. The predicted molar refractivity (Wildman–Crippen MR) is 97.4 cm³/mol. The van der Waals surface area contributed by atoms with Gasteiger partial charge in [-0.05, 0) is 49.2 Å². The van der Waals surface area contributed by atoms with Crippen molar-refractivity contribution in [2.75, 3.05) is 11.9 Å². The topological polar surface area (TPSA) is 77.2 Å². The summed E-state index contributed by atoms with van der Waals surface area (Å²) in [6.07, 6.45) is 1.54. The molecule has 0 bridgehead atoms. The fourth-order valence-corrected chi connectivity index (χ4v) is 3.14. The van der Waals surface area contributed by atoms with Gasteiger partial charge in [0.1, 0.15) is 22.9 Å². The molecule has 0 unspecified atom stereocenters. The smallest absolute Gasteiger partial charge is 0.262 e. The highest BCUT2D eigenvalue weighted by molar-refractivity contribution is 6.05. The second-order valence-electron chi connectivity index (χ2n) is 6.20. The number of hydrogen-bond acceptors (Lipinski definition) is 5. The summed E-state index contributed by atoms with van der Waals surface area (Å²) in [7, 11) is 0. The van der Waals surface area contributed by atoms with Crippen LogP contribution in [0.15, 0.2) is 40.9 Å². The summed E-state index contributed by atoms with van der Waals surface area (Å²) in [4.78, 5) is 17.2. The van der Waals surface area contributed by atoms with E-state index in [1.165, 1.54) is 5.56 Å². The lowest BCUT2D eigenvalue weighted by Crippen LogP contribution is -2.15. The van der Waals surface area contributed by atoms with Gasteiger partial charge in [-0.15, -0.1) is 0 Å². The molecule has 1 aliphatic rings. The van der Waals surface area contributed by atoms with Crippen LogP contribution in [-0.2, 0) is 12.8 Å². The molecule has 1 N–H and O–H groups in total. The molecule has 6 nitrogen and oxygen atoms in total. The molecule has 2 aromatic heterocycles. The number of benzene rings is 1. The monoisotopic (exact) mass is 349 g/mol. The Morgan fingerprint density at radius 3 is 3.00 bits per heavy atom. The molecule has 132 valence electrons. The van der Waals surface area contributed by atoms with E-state index in [4.69, 9.17) is 9.26 Å². The van der Waals surface area contributed by atoms with Crippen LogP contribution in [0, 0.1) is 6.92 Å². The molecule has 3 aromatic rings. The number of hydrogen-bond donors (Lipinski definition) is 1. The Labute approximate surface area is 151 Å². The number of anilines is 1. The molecule has 1 aliphatic heterocycles. The zero-order chi connectivity index (χ0) is 18.1. The van der Waals surface area contributed by atoms with Gasteiger partial charge < -0.3 is 14.6 Å². The summed E-state index contributed by atoms with van der Waals surface area (Å²) >= 11 is 0. The summed E-state index contributed by atoms with van der Waals surface area (Å²) in [6, 6.07) is 11.6. The molecule has 0 radical (unpaired) electrons. The Kier molecular flexibility index (Phi) is 4.16. The van der Waals surface area contributed by atoms with E-state index in [1.54, 1.807) is 13.0 Å². The zero-order valence-corrected chi connectivity index (χ0v) is 14.7. The van der Waals surface area contributed by atoms with Crippen LogP contribution < -0.4 is 10.1 Å². The van der Waals surface area contributed by atoms with E-state index >= 15 is 0 Å². The molecule has 4 rings (SSSR count). The summed E-state index contributed by atoms with van der Waals surface area (Å²) in [5, 5.41) is 6.77. The van der Waals surface area contributed by atoms with Crippen molar-refractivity contribution < 1.29 is 14.1 Å². The number of rotatable bonds is 4. The van der Waals surface area contributed by atoms with Gasteiger partial charge in [0.25, 0.3) is 5.91 Å². The van der Waals surface area contributed by atoms with Gasteiger partial charge in [-0.2, -0.15) is 0 Å². The van der Waals surface area contributed by atoms with E-state index in [0.29, 0.717) is 29.3 Å².